The molecule has 0 amide bonds. The Kier molecular flexibility index (Phi) is 4.84. The van der Waals surface area contributed by atoms with Crippen molar-refractivity contribution in [3.05, 3.63) is 23.8 Å². The number of carbonyl (C=O) groups excluding carboxylic acids is 1. The molecule has 1 atom stereocenters. The SMILES string of the molecule is COc1ccc(OC2CCOC2=O)c(CNC(C)C)c1. The predicted octanol–water partition coefficient (Wildman–Crippen LogP) is 1.89. The van der Waals surface area contributed by atoms with Crippen molar-refractivity contribution < 1.29 is 19.0 Å². The number of hydrogen-bond donors (Lipinski definition) is 1. The molecule has 0 saturated carbocycles. The number of hydrogen-bond acceptors (Lipinski definition) is 5. The van der Waals surface area contributed by atoms with Gasteiger partial charge in [-0.1, -0.05) is 13.8 Å². The van der Waals surface area contributed by atoms with Crippen LogP contribution in [-0.4, -0.2) is 31.8 Å². The van der Waals surface area contributed by atoms with Gasteiger partial charge in [-0.15, -0.1) is 0 Å². The normalized spacial score (nSPS) is 18.2. The van der Waals surface area contributed by atoms with Gasteiger partial charge in [0.2, 0.25) is 0 Å². The largest absolute Gasteiger partial charge is 0.497 e. The quantitative estimate of drug-likeness (QED) is 0.806. The van der Waals surface area contributed by atoms with Crippen molar-refractivity contribution in [2.45, 2.75) is 39.0 Å². The van der Waals surface area contributed by atoms with E-state index in [1.807, 2.05) is 18.2 Å². The van der Waals surface area contributed by atoms with Crippen LogP contribution in [-0.2, 0) is 16.1 Å². The summed E-state index contributed by atoms with van der Waals surface area (Å²) in [4.78, 5) is 11.5. The summed E-state index contributed by atoms with van der Waals surface area (Å²) in [5, 5.41) is 3.34. The average Bonchev–Trinajstić information content (AvgIpc) is 2.83. The number of cyclic esters (lactones) is 1. The third-order valence-corrected chi connectivity index (χ3v) is 3.12. The van der Waals surface area contributed by atoms with Crippen LogP contribution in [0.2, 0.25) is 0 Å². The minimum Gasteiger partial charge on any atom is -0.497 e. The van der Waals surface area contributed by atoms with E-state index in [1.165, 1.54) is 0 Å². The van der Waals surface area contributed by atoms with E-state index in [2.05, 4.69) is 19.2 Å². The van der Waals surface area contributed by atoms with Crippen molar-refractivity contribution >= 4 is 5.97 Å². The Morgan fingerprint density at radius 3 is 2.85 bits per heavy atom. The second-order valence-corrected chi connectivity index (χ2v) is 5.07. The molecular weight excluding hydrogens is 258 g/mol. The van der Waals surface area contributed by atoms with Gasteiger partial charge >= 0.3 is 5.97 Å². The van der Waals surface area contributed by atoms with Crippen LogP contribution in [0.25, 0.3) is 0 Å². The van der Waals surface area contributed by atoms with Crippen molar-refractivity contribution in [2.24, 2.45) is 0 Å². The Hall–Kier alpha value is -1.75. The maximum absolute atomic E-state index is 11.5. The number of methoxy groups -OCH3 is 1. The molecule has 20 heavy (non-hydrogen) atoms. The van der Waals surface area contributed by atoms with Gasteiger partial charge in [-0.05, 0) is 18.2 Å². The number of rotatable bonds is 6. The Morgan fingerprint density at radius 1 is 1.45 bits per heavy atom. The molecule has 0 aromatic heterocycles. The summed E-state index contributed by atoms with van der Waals surface area (Å²) >= 11 is 0. The van der Waals surface area contributed by atoms with E-state index in [4.69, 9.17) is 14.2 Å². The molecule has 1 aliphatic heterocycles. The highest BCUT2D eigenvalue weighted by atomic mass is 16.6. The summed E-state index contributed by atoms with van der Waals surface area (Å²) in [5.41, 5.74) is 0.970. The molecule has 110 valence electrons. The van der Waals surface area contributed by atoms with Gasteiger partial charge in [0.1, 0.15) is 11.5 Å². The highest BCUT2D eigenvalue weighted by molar-refractivity contribution is 5.76. The molecule has 1 heterocycles. The van der Waals surface area contributed by atoms with Crippen LogP contribution in [0.1, 0.15) is 25.8 Å². The van der Waals surface area contributed by atoms with Crippen LogP contribution < -0.4 is 14.8 Å². The van der Waals surface area contributed by atoms with Crippen LogP contribution in [0.15, 0.2) is 18.2 Å². The monoisotopic (exact) mass is 279 g/mol. The van der Waals surface area contributed by atoms with Crippen molar-refractivity contribution in [1.29, 1.82) is 0 Å². The number of nitrogens with one attached hydrogen (secondary N) is 1. The van der Waals surface area contributed by atoms with Crippen LogP contribution in [0.3, 0.4) is 0 Å². The first kappa shape index (κ1) is 14.7. The van der Waals surface area contributed by atoms with Gasteiger partial charge in [-0.25, -0.2) is 4.79 Å². The number of ether oxygens (including phenoxy) is 3. The number of benzene rings is 1. The lowest BCUT2D eigenvalue weighted by atomic mass is 10.1. The molecule has 0 radical (unpaired) electrons. The standard InChI is InChI=1S/C15H21NO4/c1-10(2)16-9-11-8-12(18-3)4-5-13(11)20-14-6-7-19-15(14)17/h4-5,8,10,14,16H,6-7,9H2,1-3H3. The third-order valence-electron chi connectivity index (χ3n) is 3.12. The topological polar surface area (TPSA) is 56.8 Å². The van der Waals surface area contributed by atoms with Gasteiger partial charge in [0.25, 0.3) is 0 Å². The summed E-state index contributed by atoms with van der Waals surface area (Å²) in [7, 11) is 1.63. The average molecular weight is 279 g/mol. The molecule has 0 spiro atoms. The first-order chi connectivity index (χ1) is 9.60. The van der Waals surface area contributed by atoms with Gasteiger partial charge in [0.05, 0.1) is 13.7 Å². The van der Waals surface area contributed by atoms with Gasteiger partial charge < -0.3 is 19.5 Å². The zero-order valence-electron chi connectivity index (χ0n) is 12.1. The molecule has 0 aliphatic carbocycles. The molecule has 1 unspecified atom stereocenters. The number of esters is 1. The van der Waals surface area contributed by atoms with Gasteiger partial charge in [0.15, 0.2) is 6.10 Å². The molecule has 1 saturated heterocycles. The van der Waals surface area contributed by atoms with E-state index in [0.29, 0.717) is 31.4 Å². The second-order valence-electron chi connectivity index (χ2n) is 5.07. The van der Waals surface area contributed by atoms with Crippen molar-refractivity contribution in [3.8, 4) is 11.5 Å². The van der Waals surface area contributed by atoms with E-state index < -0.39 is 6.10 Å². The van der Waals surface area contributed by atoms with Crippen LogP contribution in [0.4, 0.5) is 0 Å². The zero-order valence-corrected chi connectivity index (χ0v) is 12.1. The van der Waals surface area contributed by atoms with Crippen LogP contribution >= 0.6 is 0 Å². The van der Waals surface area contributed by atoms with Crippen molar-refractivity contribution in [3.63, 3.8) is 0 Å². The van der Waals surface area contributed by atoms with Crippen LogP contribution in [0.5, 0.6) is 11.5 Å². The molecule has 1 N–H and O–H groups in total. The highest BCUT2D eigenvalue weighted by Gasteiger charge is 2.29. The fourth-order valence-electron chi connectivity index (χ4n) is 1.99. The Balaban J connectivity index is 2.14. The second kappa shape index (κ2) is 6.61. The zero-order chi connectivity index (χ0) is 14.5. The highest BCUT2D eigenvalue weighted by Crippen LogP contribution is 2.27. The van der Waals surface area contributed by atoms with Crippen molar-refractivity contribution in [1.82, 2.24) is 5.32 Å². The smallest absolute Gasteiger partial charge is 0.347 e. The molecule has 2 rings (SSSR count). The molecule has 5 heteroatoms. The summed E-state index contributed by atoms with van der Waals surface area (Å²) in [6, 6.07) is 5.95. The maximum atomic E-state index is 11.5. The minimum absolute atomic E-state index is 0.288. The van der Waals surface area contributed by atoms with E-state index in [0.717, 1.165) is 11.3 Å². The fraction of sp³-hybridized carbons (Fsp3) is 0.533. The Labute approximate surface area is 119 Å². The van der Waals surface area contributed by atoms with E-state index in [1.54, 1.807) is 7.11 Å². The van der Waals surface area contributed by atoms with Gasteiger partial charge in [0, 0.05) is 24.6 Å². The first-order valence-corrected chi connectivity index (χ1v) is 6.83. The molecule has 1 aliphatic rings. The van der Waals surface area contributed by atoms with Gasteiger partial charge in [-0.3, -0.25) is 0 Å². The molecule has 5 nitrogen and oxygen atoms in total. The van der Waals surface area contributed by atoms with Crippen LogP contribution in [0, 0.1) is 0 Å². The maximum Gasteiger partial charge on any atom is 0.347 e. The van der Waals surface area contributed by atoms with E-state index in [9.17, 15) is 4.79 Å². The molecule has 1 aromatic rings. The van der Waals surface area contributed by atoms with Gasteiger partial charge in [-0.2, -0.15) is 0 Å². The fourth-order valence-corrected chi connectivity index (χ4v) is 1.99. The lowest BCUT2D eigenvalue weighted by Gasteiger charge is -2.16. The lowest BCUT2D eigenvalue weighted by molar-refractivity contribution is -0.143. The lowest BCUT2D eigenvalue weighted by Crippen LogP contribution is -2.25. The van der Waals surface area contributed by atoms with Crippen molar-refractivity contribution in [2.75, 3.05) is 13.7 Å². The molecule has 0 bridgehead atoms. The Bertz CT molecular complexity index is 473. The Morgan fingerprint density at radius 2 is 2.25 bits per heavy atom. The summed E-state index contributed by atoms with van der Waals surface area (Å²) in [6.45, 7) is 5.25. The summed E-state index contributed by atoms with van der Waals surface area (Å²) in [5.74, 6) is 1.18. The predicted molar refractivity (Wildman–Crippen MR) is 75.0 cm³/mol. The first-order valence-electron chi connectivity index (χ1n) is 6.83. The molecular formula is C15H21NO4. The molecule has 1 aromatic carbocycles. The summed E-state index contributed by atoms with van der Waals surface area (Å²) in [6.07, 6.45) is 0.100. The molecule has 1 fully saturated rings. The number of carbonyl (C=O) groups is 1. The van der Waals surface area contributed by atoms with E-state index >= 15 is 0 Å². The minimum atomic E-state index is -0.499. The summed E-state index contributed by atoms with van der Waals surface area (Å²) < 4.78 is 15.9. The van der Waals surface area contributed by atoms with E-state index in [-0.39, 0.29) is 5.97 Å². The third kappa shape index (κ3) is 3.63.